The van der Waals surface area contributed by atoms with Gasteiger partial charge in [-0.25, -0.2) is 0 Å². The molecule has 1 aliphatic heterocycles. The average molecular weight is 252 g/mol. The van der Waals surface area contributed by atoms with Crippen LogP contribution in [-0.2, 0) is 9.53 Å². The van der Waals surface area contributed by atoms with Crippen molar-refractivity contribution in [1.29, 1.82) is 0 Å². The molecule has 19 heavy (non-hydrogen) atoms. The number of hydrogen-bond donors (Lipinski definition) is 0. The first kappa shape index (κ1) is 12.0. The zero-order valence-corrected chi connectivity index (χ0v) is 11.1. The summed E-state index contributed by atoms with van der Waals surface area (Å²) in [5.74, 6) is 1.60. The molecule has 0 saturated carbocycles. The Kier molecular flexibility index (Phi) is 2.86. The first-order valence-corrected chi connectivity index (χ1v) is 6.54. The summed E-state index contributed by atoms with van der Waals surface area (Å²) in [5, 5.41) is 0. The predicted octanol–water partition coefficient (Wildman–Crippen LogP) is 3.72. The van der Waals surface area contributed by atoms with Gasteiger partial charge in [-0.05, 0) is 18.9 Å². The Hall–Kier alpha value is -2.09. The van der Waals surface area contributed by atoms with Gasteiger partial charge in [0.1, 0.15) is 11.5 Å². The lowest BCUT2D eigenvalue weighted by Gasteiger charge is -2.31. The minimum atomic E-state index is -0.155. The number of allylic oxidation sites excluding steroid dienone is 5. The highest BCUT2D eigenvalue weighted by Gasteiger charge is 2.35. The standard InChI is InChI=1S/C17H16O2/c1-11-8-9-15-17(12(11)2)14(18)10-16(19-15)13-6-4-3-5-7-13/h3-10,12,17H,1-2H3. The summed E-state index contributed by atoms with van der Waals surface area (Å²) in [6, 6.07) is 9.74. The Morgan fingerprint density at radius 1 is 1.11 bits per heavy atom. The maximum absolute atomic E-state index is 12.3. The first-order chi connectivity index (χ1) is 9.16. The first-order valence-electron chi connectivity index (χ1n) is 6.54. The Balaban J connectivity index is 2.00. The van der Waals surface area contributed by atoms with Crippen LogP contribution in [0, 0.1) is 11.8 Å². The molecule has 3 rings (SSSR count). The van der Waals surface area contributed by atoms with Gasteiger partial charge in [0.2, 0.25) is 0 Å². The maximum Gasteiger partial charge on any atom is 0.170 e. The van der Waals surface area contributed by atoms with Gasteiger partial charge in [0.25, 0.3) is 0 Å². The molecule has 0 fully saturated rings. The SMILES string of the molecule is CC1=CC=C2OC(c3ccccc3)=CC(=O)C2C1C. The summed E-state index contributed by atoms with van der Waals surface area (Å²) in [5.41, 5.74) is 2.16. The van der Waals surface area contributed by atoms with E-state index in [9.17, 15) is 4.79 Å². The summed E-state index contributed by atoms with van der Waals surface area (Å²) < 4.78 is 5.92. The molecule has 1 heterocycles. The molecule has 1 aliphatic carbocycles. The van der Waals surface area contributed by atoms with E-state index >= 15 is 0 Å². The molecule has 2 unspecified atom stereocenters. The smallest absolute Gasteiger partial charge is 0.170 e. The Morgan fingerprint density at radius 3 is 2.58 bits per heavy atom. The summed E-state index contributed by atoms with van der Waals surface area (Å²) >= 11 is 0. The monoisotopic (exact) mass is 252 g/mol. The summed E-state index contributed by atoms with van der Waals surface area (Å²) in [7, 11) is 0. The van der Waals surface area contributed by atoms with E-state index < -0.39 is 0 Å². The molecule has 1 aromatic rings. The van der Waals surface area contributed by atoms with Crippen molar-refractivity contribution in [2.45, 2.75) is 13.8 Å². The molecule has 0 N–H and O–H groups in total. The second kappa shape index (κ2) is 4.54. The number of ketones is 1. The molecule has 0 spiro atoms. The van der Waals surface area contributed by atoms with Crippen LogP contribution in [0.5, 0.6) is 0 Å². The van der Waals surface area contributed by atoms with Crippen molar-refractivity contribution in [1.82, 2.24) is 0 Å². The Bertz CT molecular complexity index is 605. The number of hydrogen-bond acceptors (Lipinski definition) is 2. The van der Waals surface area contributed by atoms with Crippen LogP contribution in [-0.4, -0.2) is 5.78 Å². The van der Waals surface area contributed by atoms with E-state index in [0.717, 1.165) is 11.3 Å². The van der Waals surface area contributed by atoms with Crippen LogP contribution in [0.2, 0.25) is 0 Å². The third-order valence-corrected chi connectivity index (χ3v) is 3.90. The van der Waals surface area contributed by atoms with Crippen LogP contribution in [0.4, 0.5) is 0 Å². The predicted molar refractivity (Wildman–Crippen MR) is 75.0 cm³/mol. The molecular weight excluding hydrogens is 236 g/mol. The lowest BCUT2D eigenvalue weighted by Crippen LogP contribution is -2.29. The summed E-state index contributed by atoms with van der Waals surface area (Å²) in [4.78, 5) is 12.3. The highest BCUT2D eigenvalue weighted by molar-refractivity contribution is 6.01. The molecule has 2 heteroatoms. The molecule has 2 nitrogen and oxygen atoms in total. The van der Waals surface area contributed by atoms with Crippen molar-refractivity contribution in [2.24, 2.45) is 11.8 Å². The molecule has 2 atom stereocenters. The van der Waals surface area contributed by atoms with Gasteiger partial charge in [-0.3, -0.25) is 4.79 Å². The van der Waals surface area contributed by atoms with Crippen molar-refractivity contribution in [3.05, 3.63) is 65.5 Å². The second-order valence-electron chi connectivity index (χ2n) is 5.13. The van der Waals surface area contributed by atoms with Gasteiger partial charge in [0.15, 0.2) is 5.78 Å². The zero-order chi connectivity index (χ0) is 13.4. The lowest BCUT2D eigenvalue weighted by atomic mass is 9.79. The third-order valence-electron chi connectivity index (χ3n) is 3.90. The molecular formula is C17H16O2. The number of benzene rings is 1. The number of carbonyl (C=O) groups excluding carboxylic acids is 1. The molecule has 0 saturated heterocycles. The minimum Gasteiger partial charge on any atom is -0.460 e. The number of rotatable bonds is 1. The Morgan fingerprint density at radius 2 is 1.84 bits per heavy atom. The van der Waals surface area contributed by atoms with Crippen LogP contribution in [0.15, 0.2) is 59.9 Å². The van der Waals surface area contributed by atoms with Crippen molar-refractivity contribution in [3.63, 3.8) is 0 Å². The van der Waals surface area contributed by atoms with Crippen LogP contribution in [0.3, 0.4) is 0 Å². The van der Waals surface area contributed by atoms with E-state index in [0.29, 0.717) is 5.76 Å². The third kappa shape index (κ3) is 2.03. The lowest BCUT2D eigenvalue weighted by molar-refractivity contribution is -0.119. The average Bonchev–Trinajstić information content (AvgIpc) is 2.43. The molecule has 96 valence electrons. The molecule has 1 aromatic carbocycles. The minimum absolute atomic E-state index is 0.135. The quantitative estimate of drug-likeness (QED) is 0.761. The summed E-state index contributed by atoms with van der Waals surface area (Å²) in [6.07, 6.45) is 5.60. The normalized spacial score (nSPS) is 25.8. The molecule has 2 aliphatic rings. The van der Waals surface area contributed by atoms with Gasteiger partial charge in [-0.1, -0.05) is 48.9 Å². The van der Waals surface area contributed by atoms with E-state index in [1.54, 1.807) is 6.08 Å². The number of fused-ring (bicyclic) bond motifs is 1. The van der Waals surface area contributed by atoms with Crippen LogP contribution in [0.25, 0.3) is 5.76 Å². The number of carbonyl (C=O) groups is 1. The summed E-state index contributed by atoms with van der Waals surface area (Å²) in [6.45, 7) is 4.13. The van der Waals surface area contributed by atoms with Crippen molar-refractivity contribution in [3.8, 4) is 0 Å². The largest absolute Gasteiger partial charge is 0.460 e. The number of ether oxygens (including phenoxy) is 1. The van der Waals surface area contributed by atoms with Crippen LogP contribution in [0.1, 0.15) is 19.4 Å². The zero-order valence-electron chi connectivity index (χ0n) is 11.1. The fraction of sp³-hybridized carbons (Fsp3) is 0.235. The van der Waals surface area contributed by atoms with Crippen LogP contribution >= 0.6 is 0 Å². The van der Waals surface area contributed by atoms with Crippen LogP contribution < -0.4 is 0 Å². The van der Waals surface area contributed by atoms with Gasteiger partial charge in [-0.15, -0.1) is 0 Å². The fourth-order valence-corrected chi connectivity index (χ4v) is 2.58. The molecule has 0 amide bonds. The molecule has 0 bridgehead atoms. The van der Waals surface area contributed by atoms with E-state index in [1.165, 1.54) is 5.57 Å². The fourth-order valence-electron chi connectivity index (χ4n) is 2.58. The molecule has 0 radical (unpaired) electrons. The highest BCUT2D eigenvalue weighted by Crippen LogP contribution is 2.38. The van der Waals surface area contributed by atoms with E-state index in [4.69, 9.17) is 4.74 Å². The topological polar surface area (TPSA) is 26.3 Å². The van der Waals surface area contributed by atoms with Gasteiger partial charge in [0, 0.05) is 11.6 Å². The second-order valence-corrected chi connectivity index (χ2v) is 5.13. The van der Waals surface area contributed by atoms with Crippen molar-refractivity contribution >= 4 is 11.5 Å². The van der Waals surface area contributed by atoms with Gasteiger partial charge < -0.3 is 4.74 Å². The van der Waals surface area contributed by atoms with Crippen molar-refractivity contribution < 1.29 is 9.53 Å². The van der Waals surface area contributed by atoms with E-state index in [-0.39, 0.29) is 17.6 Å². The highest BCUT2D eigenvalue weighted by atomic mass is 16.5. The van der Waals surface area contributed by atoms with E-state index in [1.807, 2.05) is 42.5 Å². The van der Waals surface area contributed by atoms with Gasteiger partial charge in [-0.2, -0.15) is 0 Å². The Labute approximate surface area is 113 Å². The van der Waals surface area contributed by atoms with Crippen molar-refractivity contribution in [2.75, 3.05) is 0 Å². The van der Waals surface area contributed by atoms with Gasteiger partial charge >= 0.3 is 0 Å². The molecule has 0 aromatic heterocycles. The van der Waals surface area contributed by atoms with E-state index in [2.05, 4.69) is 13.8 Å². The van der Waals surface area contributed by atoms with Gasteiger partial charge in [0.05, 0.1) is 5.92 Å². The maximum atomic E-state index is 12.3.